The Labute approximate surface area is 99.8 Å². The summed E-state index contributed by atoms with van der Waals surface area (Å²) in [4.78, 5) is 0. The second-order valence-electron chi connectivity index (χ2n) is 5.17. The molecule has 1 nitrogen and oxygen atoms in total. The molecule has 3 heteroatoms. The monoisotopic (exact) mass is 239 g/mol. The van der Waals surface area contributed by atoms with E-state index in [0.29, 0.717) is 16.9 Å². The van der Waals surface area contributed by atoms with Crippen LogP contribution in [0.3, 0.4) is 0 Å². The van der Waals surface area contributed by atoms with E-state index in [1.807, 2.05) is 0 Å². The first kappa shape index (κ1) is 10.5. The van der Waals surface area contributed by atoms with Crippen molar-refractivity contribution in [2.24, 2.45) is 17.6 Å². The van der Waals surface area contributed by atoms with E-state index >= 15 is 0 Å². The van der Waals surface area contributed by atoms with Crippen molar-refractivity contribution in [1.82, 2.24) is 0 Å². The molecule has 0 aliphatic heterocycles. The van der Waals surface area contributed by atoms with Gasteiger partial charge in [-0.15, -0.1) is 0 Å². The molecule has 16 heavy (non-hydrogen) atoms. The molecular weight excluding hydrogens is 225 g/mol. The number of nitrogens with two attached hydrogens (primary N) is 1. The van der Waals surface area contributed by atoms with Gasteiger partial charge in [-0.2, -0.15) is 0 Å². The highest BCUT2D eigenvalue weighted by Crippen LogP contribution is 2.60. The zero-order valence-electron chi connectivity index (χ0n) is 9.05. The van der Waals surface area contributed by atoms with E-state index in [-0.39, 0.29) is 11.4 Å². The van der Waals surface area contributed by atoms with Crippen molar-refractivity contribution < 1.29 is 4.39 Å². The van der Waals surface area contributed by atoms with Gasteiger partial charge in [0, 0.05) is 10.6 Å². The van der Waals surface area contributed by atoms with Gasteiger partial charge in [0.1, 0.15) is 5.82 Å². The number of rotatable bonds is 2. The van der Waals surface area contributed by atoms with E-state index in [1.165, 1.54) is 31.4 Å². The lowest BCUT2D eigenvalue weighted by atomic mass is 9.97. The predicted octanol–water partition coefficient (Wildman–Crippen LogP) is 3.15. The van der Waals surface area contributed by atoms with Crippen molar-refractivity contribution >= 4 is 11.6 Å². The number of hydrogen-bond acceptors (Lipinski definition) is 1. The molecule has 2 fully saturated rings. The third-order valence-corrected chi connectivity index (χ3v) is 4.65. The Balaban J connectivity index is 1.80. The summed E-state index contributed by atoms with van der Waals surface area (Å²) < 4.78 is 12.9. The molecule has 2 saturated carbocycles. The standard InChI is InChI=1S/C13H15ClFN/c14-12-6-9(15)5-4-8(12)7-13(16)10-2-1-3-11(10)13/h4-6,10-11H,1-3,7,16H2. The summed E-state index contributed by atoms with van der Waals surface area (Å²) >= 11 is 6.02. The van der Waals surface area contributed by atoms with Crippen molar-refractivity contribution in [3.05, 3.63) is 34.6 Å². The molecule has 0 spiro atoms. The van der Waals surface area contributed by atoms with Crippen LogP contribution in [0.25, 0.3) is 0 Å². The molecule has 0 radical (unpaired) electrons. The quantitative estimate of drug-likeness (QED) is 0.843. The van der Waals surface area contributed by atoms with E-state index in [1.54, 1.807) is 6.07 Å². The van der Waals surface area contributed by atoms with Gasteiger partial charge in [-0.05, 0) is 48.8 Å². The van der Waals surface area contributed by atoms with E-state index in [4.69, 9.17) is 17.3 Å². The summed E-state index contributed by atoms with van der Waals surface area (Å²) in [5.41, 5.74) is 7.31. The van der Waals surface area contributed by atoms with Crippen molar-refractivity contribution in [1.29, 1.82) is 0 Å². The Kier molecular flexibility index (Phi) is 2.27. The van der Waals surface area contributed by atoms with E-state index in [9.17, 15) is 4.39 Å². The molecule has 0 saturated heterocycles. The maximum absolute atomic E-state index is 12.9. The van der Waals surface area contributed by atoms with Crippen molar-refractivity contribution in [3.8, 4) is 0 Å². The zero-order chi connectivity index (χ0) is 11.3. The highest BCUT2D eigenvalue weighted by atomic mass is 35.5. The van der Waals surface area contributed by atoms with E-state index in [2.05, 4.69) is 0 Å². The molecule has 86 valence electrons. The van der Waals surface area contributed by atoms with Gasteiger partial charge >= 0.3 is 0 Å². The van der Waals surface area contributed by atoms with Crippen LogP contribution >= 0.6 is 11.6 Å². The van der Waals surface area contributed by atoms with Crippen LogP contribution < -0.4 is 5.73 Å². The highest BCUT2D eigenvalue weighted by Gasteiger charge is 2.63. The minimum absolute atomic E-state index is 0.0558. The van der Waals surface area contributed by atoms with Crippen molar-refractivity contribution in [2.45, 2.75) is 31.2 Å². The molecule has 0 heterocycles. The first-order valence-corrected chi connectivity index (χ1v) is 6.22. The van der Waals surface area contributed by atoms with Crippen molar-refractivity contribution in [2.75, 3.05) is 0 Å². The minimum Gasteiger partial charge on any atom is -0.324 e. The topological polar surface area (TPSA) is 26.0 Å². The SMILES string of the molecule is NC1(Cc2ccc(F)cc2Cl)C2CCCC21. The third-order valence-electron chi connectivity index (χ3n) is 4.30. The molecule has 0 bridgehead atoms. The lowest BCUT2D eigenvalue weighted by molar-refractivity contribution is 0.501. The van der Waals surface area contributed by atoms with Crippen LogP contribution in [0.4, 0.5) is 4.39 Å². The number of fused-ring (bicyclic) bond motifs is 1. The van der Waals surface area contributed by atoms with Crippen LogP contribution in [0.1, 0.15) is 24.8 Å². The smallest absolute Gasteiger partial charge is 0.124 e. The molecule has 2 atom stereocenters. The second-order valence-corrected chi connectivity index (χ2v) is 5.58. The third kappa shape index (κ3) is 1.47. The molecule has 1 aromatic carbocycles. The van der Waals surface area contributed by atoms with Crippen molar-refractivity contribution in [3.63, 3.8) is 0 Å². The largest absolute Gasteiger partial charge is 0.324 e. The van der Waals surface area contributed by atoms with Crippen LogP contribution in [0, 0.1) is 17.7 Å². The normalized spacial score (nSPS) is 36.2. The van der Waals surface area contributed by atoms with E-state index in [0.717, 1.165) is 12.0 Å². The van der Waals surface area contributed by atoms with Crippen LogP contribution in [0.2, 0.25) is 5.02 Å². The van der Waals surface area contributed by atoms with Crippen LogP contribution in [0.15, 0.2) is 18.2 Å². The summed E-state index contributed by atoms with van der Waals surface area (Å²) in [6, 6.07) is 4.60. The molecule has 3 rings (SSSR count). The second kappa shape index (κ2) is 3.44. The highest BCUT2D eigenvalue weighted by molar-refractivity contribution is 6.31. The Morgan fingerprint density at radius 2 is 2.06 bits per heavy atom. The average Bonchev–Trinajstić information content (AvgIpc) is 2.67. The first-order chi connectivity index (χ1) is 7.61. The van der Waals surface area contributed by atoms with Crippen LogP contribution in [-0.4, -0.2) is 5.54 Å². The molecule has 1 aromatic rings. The predicted molar refractivity (Wildman–Crippen MR) is 62.9 cm³/mol. The van der Waals surface area contributed by atoms with Gasteiger partial charge < -0.3 is 5.73 Å². The molecule has 0 amide bonds. The Morgan fingerprint density at radius 1 is 1.38 bits per heavy atom. The Hall–Kier alpha value is -0.600. The number of halogens is 2. The fourth-order valence-corrected chi connectivity index (χ4v) is 3.62. The average molecular weight is 240 g/mol. The summed E-state index contributed by atoms with van der Waals surface area (Å²) in [6.45, 7) is 0. The number of benzene rings is 1. The maximum Gasteiger partial charge on any atom is 0.124 e. The summed E-state index contributed by atoms with van der Waals surface area (Å²) in [5.74, 6) is 1.07. The van der Waals surface area contributed by atoms with Crippen LogP contribution in [0.5, 0.6) is 0 Å². The first-order valence-electron chi connectivity index (χ1n) is 5.84. The lowest BCUT2D eigenvalue weighted by Crippen LogP contribution is -2.31. The lowest BCUT2D eigenvalue weighted by Gasteiger charge is -2.16. The van der Waals surface area contributed by atoms with Gasteiger partial charge in [-0.25, -0.2) is 4.39 Å². The molecule has 2 unspecified atom stereocenters. The Bertz CT molecular complexity index is 422. The summed E-state index contributed by atoms with van der Waals surface area (Å²) in [7, 11) is 0. The van der Waals surface area contributed by atoms with Gasteiger partial charge in [0.15, 0.2) is 0 Å². The fraction of sp³-hybridized carbons (Fsp3) is 0.538. The zero-order valence-corrected chi connectivity index (χ0v) is 9.80. The van der Waals surface area contributed by atoms with Crippen LogP contribution in [-0.2, 0) is 6.42 Å². The molecule has 2 aliphatic carbocycles. The fourth-order valence-electron chi connectivity index (χ4n) is 3.38. The van der Waals surface area contributed by atoms with E-state index < -0.39 is 0 Å². The van der Waals surface area contributed by atoms with Gasteiger partial charge in [0.25, 0.3) is 0 Å². The molecule has 2 aliphatic rings. The molecule has 2 N–H and O–H groups in total. The minimum atomic E-state index is -0.282. The molecule has 0 aromatic heterocycles. The van der Waals surface area contributed by atoms with Gasteiger partial charge in [-0.1, -0.05) is 24.1 Å². The van der Waals surface area contributed by atoms with Gasteiger partial charge in [-0.3, -0.25) is 0 Å². The van der Waals surface area contributed by atoms with Gasteiger partial charge in [0.05, 0.1) is 0 Å². The molecular formula is C13H15ClFN. The summed E-state index contributed by atoms with van der Waals surface area (Å²) in [6.07, 6.45) is 4.60. The Morgan fingerprint density at radius 3 is 2.69 bits per heavy atom. The summed E-state index contributed by atoms with van der Waals surface area (Å²) in [5, 5.41) is 0.509. The van der Waals surface area contributed by atoms with Gasteiger partial charge in [0.2, 0.25) is 0 Å². The number of hydrogen-bond donors (Lipinski definition) is 1. The maximum atomic E-state index is 12.9.